The van der Waals surface area contributed by atoms with Crippen molar-refractivity contribution in [2.45, 2.75) is 6.92 Å². The van der Waals surface area contributed by atoms with Gasteiger partial charge in [0.25, 0.3) is 11.6 Å². The number of nitrogens with one attached hydrogen (secondary N) is 1. The molecule has 25 heavy (non-hydrogen) atoms. The van der Waals surface area contributed by atoms with E-state index in [1.165, 1.54) is 30.5 Å². The van der Waals surface area contributed by atoms with E-state index in [0.29, 0.717) is 12.4 Å². The minimum absolute atomic E-state index is 0.0795. The summed E-state index contributed by atoms with van der Waals surface area (Å²) < 4.78 is 7.01. The molecule has 0 saturated heterocycles. The Morgan fingerprint density at radius 2 is 1.88 bits per heavy atom. The van der Waals surface area contributed by atoms with Gasteiger partial charge in [0.15, 0.2) is 0 Å². The Labute approximate surface area is 160 Å². The number of hydrazone groups is 1. The number of benzene rings is 2. The van der Waals surface area contributed by atoms with Gasteiger partial charge in [-0.05, 0) is 68.6 Å². The van der Waals surface area contributed by atoms with Crippen LogP contribution >= 0.6 is 31.9 Å². The Morgan fingerprint density at radius 1 is 1.28 bits per heavy atom. The van der Waals surface area contributed by atoms with Crippen molar-refractivity contribution in [3.05, 3.63) is 66.6 Å². The highest BCUT2D eigenvalue weighted by molar-refractivity contribution is 9.11. The summed E-state index contributed by atoms with van der Waals surface area (Å²) in [6, 6.07) is 8.87. The van der Waals surface area contributed by atoms with E-state index in [2.05, 4.69) is 42.4 Å². The molecular weight excluding hydrogens is 458 g/mol. The number of nitro benzene ring substituents is 1. The third-order valence-electron chi connectivity index (χ3n) is 3.03. The van der Waals surface area contributed by atoms with Crippen molar-refractivity contribution < 1.29 is 14.5 Å². The number of rotatable bonds is 6. The average molecular weight is 471 g/mol. The van der Waals surface area contributed by atoms with Gasteiger partial charge in [-0.3, -0.25) is 14.9 Å². The standard InChI is InChI=1S/C16H13Br2N3O4/c1-2-25-15-13(17)7-10(8-14(15)18)9-19-20-16(22)11-3-5-12(6-4-11)21(23)24/h3-9H,2H2,1H3,(H,20,22)/b19-9-. The summed E-state index contributed by atoms with van der Waals surface area (Å²) >= 11 is 6.83. The second-order valence-electron chi connectivity index (χ2n) is 4.75. The number of nitro groups is 1. The molecule has 0 saturated carbocycles. The average Bonchev–Trinajstić information content (AvgIpc) is 2.58. The van der Waals surface area contributed by atoms with E-state index in [4.69, 9.17) is 4.74 Å². The van der Waals surface area contributed by atoms with Crippen molar-refractivity contribution in [3.63, 3.8) is 0 Å². The minimum Gasteiger partial charge on any atom is -0.492 e. The van der Waals surface area contributed by atoms with Crippen molar-refractivity contribution in [2.75, 3.05) is 6.61 Å². The predicted octanol–water partition coefficient (Wildman–Crippen LogP) is 4.28. The summed E-state index contributed by atoms with van der Waals surface area (Å²) in [7, 11) is 0. The first-order valence-corrected chi connectivity index (χ1v) is 8.70. The highest BCUT2D eigenvalue weighted by Gasteiger charge is 2.09. The van der Waals surface area contributed by atoms with E-state index in [1.54, 1.807) is 12.1 Å². The molecule has 0 aliphatic heterocycles. The molecule has 0 aliphatic carbocycles. The van der Waals surface area contributed by atoms with Crippen LogP contribution in [0.4, 0.5) is 5.69 Å². The van der Waals surface area contributed by atoms with Gasteiger partial charge >= 0.3 is 0 Å². The number of non-ortho nitro benzene ring substituents is 1. The maximum absolute atomic E-state index is 12.0. The Hall–Kier alpha value is -2.26. The van der Waals surface area contributed by atoms with Crippen molar-refractivity contribution in [3.8, 4) is 5.75 Å². The lowest BCUT2D eigenvalue weighted by molar-refractivity contribution is -0.384. The number of ether oxygens (including phenoxy) is 1. The Kier molecular flexibility index (Phi) is 6.65. The molecule has 0 radical (unpaired) electrons. The number of hydrogen-bond acceptors (Lipinski definition) is 5. The minimum atomic E-state index is -0.526. The first-order valence-electron chi connectivity index (χ1n) is 7.12. The van der Waals surface area contributed by atoms with Crippen LogP contribution in [-0.2, 0) is 0 Å². The van der Waals surface area contributed by atoms with Crippen LogP contribution in [0.2, 0.25) is 0 Å². The largest absolute Gasteiger partial charge is 0.492 e. The Balaban J connectivity index is 2.05. The number of nitrogens with zero attached hydrogens (tertiary/aromatic N) is 2. The quantitative estimate of drug-likeness (QED) is 0.387. The fourth-order valence-corrected chi connectivity index (χ4v) is 3.35. The van der Waals surface area contributed by atoms with Crippen molar-refractivity contribution in [1.82, 2.24) is 5.43 Å². The summed E-state index contributed by atoms with van der Waals surface area (Å²) in [5.41, 5.74) is 3.31. The van der Waals surface area contributed by atoms with E-state index in [9.17, 15) is 14.9 Å². The lowest BCUT2D eigenvalue weighted by atomic mass is 10.2. The van der Waals surface area contributed by atoms with Crippen molar-refractivity contribution in [1.29, 1.82) is 0 Å². The highest BCUT2D eigenvalue weighted by Crippen LogP contribution is 2.34. The zero-order valence-electron chi connectivity index (χ0n) is 13.0. The fraction of sp³-hybridized carbons (Fsp3) is 0.125. The molecule has 2 rings (SSSR count). The van der Waals surface area contributed by atoms with Crippen LogP contribution in [0, 0.1) is 10.1 Å². The molecule has 1 N–H and O–H groups in total. The smallest absolute Gasteiger partial charge is 0.271 e. The summed E-state index contributed by atoms with van der Waals surface area (Å²) in [6.07, 6.45) is 1.48. The van der Waals surface area contributed by atoms with Gasteiger partial charge in [0.1, 0.15) is 5.75 Å². The predicted molar refractivity (Wildman–Crippen MR) is 101 cm³/mol. The van der Waals surface area contributed by atoms with E-state index in [-0.39, 0.29) is 11.3 Å². The summed E-state index contributed by atoms with van der Waals surface area (Å²) in [4.78, 5) is 22.0. The van der Waals surface area contributed by atoms with E-state index in [1.807, 2.05) is 6.92 Å². The Morgan fingerprint density at radius 3 is 2.40 bits per heavy atom. The Bertz CT molecular complexity index is 800. The van der Waals surface area contributed by atoms with Crippen LogP contribution in [0.3, 0.4) is 0 Å². The third kappa shape index (κ3) is 5.10. The van der Waals surface area contributed by atoms with Crippen LogP contribution in [0.25, 0.3) is 0 Å². The number of hydrogen-bond donors (Lipinski definition) is 1. The fourth-order valence-electron chi connectivity index (χ4n) is 1.90. The molecule has 0 spiro atoms. The van der Waals surface area contributed by atoms with Gasteiger partial charge in [0, 0.05) is 17.7 Å². The van der Waals surface area contributed by atoms with Gasteiger partial charge in [-0.1, -0.05) is 0 Å². The molecule has 0 unspecified atom stereocenters. The third-order valence-corrected chi connectivity index (χ3v) is 4.21. The van der Waals surface area contributed by atoms with Gasteiger partial charge < -0.3 is 4.74 Å². The lowest BCUT2D eigenvalue weighted by Gasteiger charge is -2.09. The molecule has 7 nitrogen and oxygen atoms in total. The topological polar surface area (TPSA) is 93.8 Å². The molecule has 2 aromatic carbocycles. The molecule has 9 heteroatoms. The van der Waals surface area contributed by atoms with E-state index in [0.717, 1.165) is 14.5 Å². The first kappa shape index (κ1) is 19.1. The number of carbonyl (C=O) groups excluding carboxylic acids is 1. The monoisotopic (exact) mass is 469 g/mol. The first-order chi connectivity index (χ1) is 11.9. The van der Waals surface area contributed by atoms with Gasteiger partial charge in [-0.25, -0.2) is 5.43 Å². The molecule has 0 aliphatic rings. The van der Waals surface area contributed by atoms with E-state index < -0.39 is 10.8 Å². The van der Waals surface area contributed by atoms with E-state index >= 15 is 0 Å². The van der Waals surface area contributed by atoms with Crippen LogP contribution in [-0.4, -0.2) is 23.7 Å². The second kappa shape index (κ2) is 8.72. The molecule has 130 valence electrons. The number of halogens is 2. The van der Waals surface area contributed by atoms with Gasteiger partial charge in [-0.15, -0.1) is 0 Å². The lowest BCUT2D eigenvalue weighted by Crippen LogP contribution is -2.17. The molecule has 1 amide bonds. The number of amides is 1. The van der Waals surface area contributed by atoms with Crippen LogP contribution in [0.5, 0.6) is 5.75 Å². The normalized spacial score (nSPS) is 10.7. The van der Waals surface area contributed by atoms with Crippen molar-refractivity contribution >= 4 is 49.7 Å². The molecule has 2 aromatic rings. The molecule has 0 bridgehead atoms. The van der Waals surface area contributed by atoms with Crippen molar-refractivity contribution in [2.24, 2.45) is 5.10 Å². The molecule has 0 fully saturated rings. The SMILES string of the molecule is CCOc1c(Br)cc(/C=N\NC(=O)c2ccc([N+](=O)[O-])cc2)cc1Br. The maximum atomic E-state index is 12.0. The van der Waals surface area contributed by atoms with Crippen LogP contribution < -0.4 is 10.2 Å². The summed E-state index contributed by atoms with van der Waals surface area (Å²) in [5.74, 6) is 0.227. The summed E-state index contributed by atoms with van der Waals surface area (Å²) in [5, 5.41) is 14.5. The maximum Gasteiger partial charge on any atom is 0.271 e. The van der Waals surface area contributed by atoms with Gasteiger partial charge in [0.05, 0.1) is 26.7 Å². The summed E-state index contributed by atoms with van der Waals surface area (Å²) in [6.45, 7) is 2.43. The van der Waals surface area contributed by atoms with Crippen LogP contribution in [0.15, 0.2) is 50.4 Å². The van der Waals surface area contributed by atoms with Crippen LogP contribution in [0.1, 0.15) is 22.8 Å². The zero-order valence-corrected chi connectivity index (χ0v) is 16.2. The second-order valence-corrected chi connectivity index (χ2v) is 6.46. The zero-order chi connectivity index (χ0) is 18.4. The molecule has 0 aromatic heterocycles. The van der Waals surface area contributed by atoms with Gasteiger partial charge in [0.2, 0.25) is 0 Å². The molecular formula is C16H13Br2N3O4. The number of carbonyl (C=O) groups is 1. The highest BCUT2D eigenvalue weighted by atomic mass is 79.9. The van der Waals surface area contributed by atoms with Gasteiger partial charge in [-0.2, -0.15) is 5.10 Å². The molecule has 0 atom stereocenters. The molecule has 0 heterocycles.